The van der Waals surface area contributed by atoms with E-state index >= 15 is 0 Å². The summed E-state index contributed by atoms with van der Waals surface area (Å²) in [5, 5.41) is 10.1. The summed E-state index contributed by atoms with van der Waals surface area (Å²) in [5.41, 5.74) is 1.80. The van der Waals surface area contributed by atoms with Crippen molar-refractivity contribution in [2.24, 2.45) is 5.41 Å². The van der Waals surface area contributed by atoms with Crippen LogP contribution >= 0.6 is 0 Å². The van der Waals surface area contributed by atoms with Gasteiger partial charge in [-0.2, -0.15) is 0 Å². The minimum absolute atomic E-state index is 0.429. The third kappa shape index (κ3) is 3.64. The number of nitrogens with zero attached hydrogens (tertiary/aromatic N) is 3. The SMILES string of the molecule is COc1cccc(C[C@]2(C(=O)O)CCCN(c3nc(C)cnc3C)C2)c1. The van der Waals surface area contributed by atoms with Crippen LogP contribution in [0.25, 0.3) is 0 Å². The first kappa shape index (κ1) is 18.2. The second-order valence-corrected chi connectivity index (χ2v) is 7.06. The Labute approximate surface area is 153 Å². The minimum atomic E-state index is -0.845. The molecule has 3 rings (SSSR count). The van der Waals surface area contributed by atoms with Crippen LogP contribution in [0.1, 0.15) is 29.8 Å². The standard InChI is InChI=1S/C20H25N3O3/c1-14-12-21-15(2)18(22-14)23-9-5-8-20(13-23,19(24)25)11-16-6-4-7-17(10-16)26-3/h4,6-7,10,12H,5,8-9,11,13H2,1-3H3,(H,24,25)/t20-/m1/s1. The Balaban J connectivity index is 1.91. The molecule has 0 saturated carbocycles. The number of methoxy groups -OCH3 is 1. The number of aromatic nitrogens is 2. The number of piperidine rings is 1. The predicted molar refractivity (Wildman–Crippen MR) is 99.7 cm³/mol. The number of hydrogen-bond acceptors (Lipinski definition) is 5. The van der Waals surface area contributed by atoms with E-state index in [1.54, 1.807) is 13.3 Å². The van der Waals surface area contributed by atoms with Gasteiger partial charge in [-0.1, -0.05) is 12.1 Å². The van der Waals surface area contributed by atoms with Gasteiger partial charge in [-0.15, -0.1) is 0 Å². The van der Waals surface area contributed by atoms with Gasteiger partial charge in [-0.05, 0) is 50.8 Å². The topological polar surface area (TPSA) is 75.6 Å². The number of benzene rings is 1. The van der Waals surface area contributed by atoms with E-state index in [1.165, 1.54) is 0 Å². The highest BCUT2D eigenvalue weighted by Crippen LogP contribution is 2.36. The minimum Gasteiger partial charge on any atom is -0.497 e. The summed E-state index contributed by atoms with van der Waals surface area (Å²) in [6.07, 6.45) is 3.66. The monoisotopic (exact) mass is 355 g/mol. The average molecular weight is 355 g/mol. The van der Waals surface area contributed by atoms with Crippen LogP contribution in [0.5, 0.6) is 5.75 Å². The highest BCUT2D eigenvalue weighted by Gasteiger charge is 2.43. The summed E-state index contributed by atoms with van der Waals surface area (Å²) in [5.74, 6) is 0.778. The van der Waals surface area contributed by atoms with Crippen LogP contribution in [-0.2, 0) is 11.2 Å². The highest BCUT2D eigenvalue weighted by atomic mass is 16.5. The smallest absolute Gasteiger partial charge is 0.311 e. The lowest BCUT2D eigenvalue weighted by molar-refractivity contribution is -0.149. The quantitative estimate of drug-likeness (QED) is 0.888. The van der Waals surface area contributed by atoms with Crippen LogP contribution in [0.4, 0.5) is 5.82 Å². The van der Waals surface area contributed by atoms with Gasteiger partial charge in [0.05, 0.1) is 23.9 Å². The summed E-state index contributed by atoms with van der Waals surface area (Å²) in [4.78, 5) is 23.3. The first-order chi connectivity index (χ1) is 12.4. The van der Waals surface area contributed by atoms with Gasteiger partial charge in [0.25, 0.3) is 0 Å². The number of rotatable bonds is 5. The second-order valence-electron chi connectivity index (χ2n) is 7.06. The first-order valence-corrected chi connectivity index (χ1v) is 8.85. The molecular formula is C20H25N3O3. The Bertz CT molecular complexity index is 809. The van der Waals surface area contributed by atoms with E-state index < -0.39 is 11.4 Å². The molecule has 6 nitrogen and oxygen atoms in total. The lowest BCUT2D eigenvalue weighted by atomic mass is 9.75. The van der Waals surface area contributed by atoms with Gasteiger partial charge in [0, 0.05) is 19.3 Å². The molecule has 1 fully saturated rings. The zero-order chi connectivity index (χ0) is 18.7. The molecule has 2 aromatic rings. The first-order valence-electron chi connectivity index (χ1n) is 8.85. The molecule has 2 heterocycles. The molecule has 1 aromatic heterocycles. The van der Waals surface area contributed by atoms with E-state index in [2.05, 4.69) is 14.9 Å². The maximum absolute atomic E-state index is 12.3. The van der Waals surface area contributed by atoms with Gasteiger partial charge in [0.15, 0.2) is 0 Å². The van der Waals surface area contributed by atoms with Crippen molar-refractivity contribution in [2.45, 2.75) is 33.1 Å². The van der Waals surface area contributed by atoms with Crippen LogP contribution in [0.2, 0.25) is 0 Å². The number of ether oxygens (including phenoxy) is 1. The van der Waals surface area contributed by atoms with Crippen molar-refractivity contribution in [3.63, 3.8) is 0 Å². The number of carboxylic acids is 1. The molecule has 0 bridgehead atoms. The van der Waals surface area contributed by atoms with Gasteiger partial charge < -0.3 is 14.7 Å². The van der Waals surface area contributed by atoms with Crippen LogP contribution in [-0.4, -0.2) is 41.2 Å². The molecule has 6 heteroatoms. The van der Waals surface area contributed by atoms with Crippen molar-refractivity contribution in [2.75, 3.05) is 25.1 Å². The molecule has 0 amide bonds. The third-order valence-corrected chi connectivity index (χ3v) is 5.06. The Hall–Kier alpha value is -2.63. The van der Waals surface area contributed by atoms with E-state index in [0.29, 0.717) is 19.4 Å². The number of aliphatic carboxylic acids is 1. The fourth-order valence-electron chi connectivity index (χ4n) is 3.70. The largest absolute Gasteiger partial charge is 0.497 e. The number of aryl methyl sites for hydroxylation is 2. The van der Waals surface area contributed by atoms with E-state index in [9.17, 15) is 9.90 Å². The van der Waals surface area contributed by atoms with Gasteiger partial charge in [-0.3, -0.25) is 9.78 Å². The van der Waals surface area contributed by atoms with Crippen molar-refractivity contribution in [3.8, 4) is 5.75 Å². The van der Waals surface area contributed by atoms with E-state index in [0.717, 1.165) is 41.5 Å². The molecule has 1 aromatic carbocycles. The lowest BCUT2D eigenvalue weighted by Gasteiger charge is -2.41. The van der Waals surface area contributed by atoms with Crippen molar-refractivity contribution in [1.82, 2.24) is 9.97 Å². The number of hydrogen-bond donors (Lipinski definition) is 1. The molecule has 1 atom stereocenters. The van der Waals surface area contributed by atoms with Gasteiger partial charge >= 0.3 is 5.97 Å². The summed E-state index contributed by atoms with van der Waals surface area (Å²) in [7, 11) is 1.62. The lowest BCUT2D eigenvalue weighted by Crippen LogP contribution is -2.49. The summed E-state index contributed by atoms with van der Waals surface area (Å²) in [6.45, 7) is 5.05. The van der Waals surface area contributed by atoms with Crippen LogP contribution in [0.15, 0.2) is 30.5 Å². The molecule has 26 heavy (non-hydrogen) atoms. The number of carboxylic acid groups (broad SMARTS) is 1. The summed E-state index contributed by atoms with van der Waals surface area (Å²) < 4.78 is 5.28. The van der Waals surface area contributed by atoms with Crippen molar-refractivity contribution >= 4 is 11.8 Å². The van der Waals surface area contributed by atoms with E-state index in [-0.39, 0.29) is 0 Å². The molecule has 0 radical (unpaired) electrons. The number of anilines is 1. The zero-order valence-electron chi connectivity index (χ0n) is 15.5. The van der Waals surface area contributed by atoms with Crippen molar-refractivity contribution in [3.05, 3.63) is 47.4 Å². The van der Waals surface area contributed by atoms with Crippen LogP contribution in [0.3, 0.4) is 0 Å². The fraction of sp³-hybridized carbons (Fsp3) is 0.450. The van der Waals surface area contributed by atoms with E-state index in [4.69, 9.17) is 4.74 Å². The van der Waals surface area contributed by atoms with Crippen molar-refractivity contribution < 1.29 is 14.6 Å². The number of carbonyl (C=O) groups is 1. The van der Waals surface area contributed by atoms with Crippen LogP contribution in [0, 0.1) is 19.3 Å². The molecule has 1 saturated heterocycles. The normalized spacial score (nSPS) is 20.0. The van der Waals surface area contributed by atoms with Gasteiger partial charge in [0.2, 0.25) is 0 Å². The zero-order valence-corrected chi connectivity index (χ0v) is 15.5. The molecule has 0 spiro atoms. The second kappa shape index (κ2) is 7.32. The van der Waals surface area contributed by atoms with Crippen molar-refractivity contribution in [1.29, 1.82) is 0 Å². The van der Waals surface area contributed by atoms with Crippen LogP contribution < -0.4 is 9.64 Å². The maximum atomic E-state index is 12.3. The Kier molecular flexibility index (Phi) is 5.11. The van der Waals surface area contributed by atoms with Gasteiger partial charge in [0.1, 0.15) is 11.6 Å². The Morgan fingerprint density at radius 1 is 1.38 bits per heavy atom. The predicted octanol–water partition coefficient (Wildman–Crippen LogP) is 3.02. The molecule has 1 N–H and O–H groups in total. The summed E-state index contributed by atoms with van der Waals surface area (Å²) in [6, 6.07) is 7.65. The molecule has 138 valence electrons. The maximum Gasteiger partial charge on any atom is 0.311 e. The Morgan fingerprint density at radius 2 is 2.19 bits per heavy atom. The van der Waals surface area contributed by atoms with Gasteiger partial charge in [-0.25, -0.2) is 4.98 Å². The Morgan fingerprint density at radius 3 is 2.92 bits per heavy atom. The third-order valence-electron chi connectivity index (χ3n) is 5.06. The molecule has 0 unspecified atom stereocenters. The summed E-state index contributed by atoms with van der Waals surface area (Å²) >= 11 is 0. The average Bonchev–Trinajstić information content (AvgIpc) is 2.64. The molecule has 1 aliphatic heterocycles. The molecular weight excluding hydrogens is 330 g/mol. The fourth-order valence-corrected chi connectivity index (χ4v) is 3.70. The molecule has 1 aliphatic rings. The van der Waals surface area contributed by atoms with E-state index in [1.807, 2.05) is 38.1 Å². The highest BCUT2D eigenvalue weighted by molar-refractivity contribution is 5.76. The molecule has 0 aliphatic carbocycles.